The quantitative estimate of drug-likeness (QED) is 0.272. The fourth-order valence-corrected chi connectivity index (χ4v) is 3.74. The van der Waals surface area contributed by atoms with Crippen molar-refractivity contribution in [2.45, 2.75) is 6.61 Å². The molecule has 0 atom stereocenters. The minimum atomic E-state index is -0.209. The van der Waals surface area contributed by atoms with Crippen molar-refractivity contribution in [3.8, 4) is 17.0 Å². The topological polar surface area (TPSA) is 123 Å². The van der Waals surface area contributed by atoms with E-state index < -0.39 is 0 Å². The number of nitrogens with two attached hydrogens (primary N) is 1. The largest absolute Gasteiger partial charge is 0.486 e. The van der Waals surface area contributed by atoms with Gasteiger partial charge < -0.3 is 15.0 Å². The number of ether oxygens (including phenoxy) is 1. The molecule has 2 aromatic heterocycles. The van der Waals surface area contributed by atoms with E-state index in [2.05, 4.69) is 10.2 Å². The molecule has 33 heavy (non-hydrogen) atoms. The number of H-pyrrole nitrogens is 1. The van der Waals surface area contributed by atoms with Crippen LogP contribution in [-0.4, -0.2) is 25.6 Å². The number of amidine groups is 1. The zero-order chi connectivity index (χ0) is 22.2. The van der Waals surface area contributed by atoms with Crippen LogP contribution in [-0.2, 0) is 13.7 Å². The van der Waals surface area contributed by atoms with Crippen LogP contribution in [0.25, 0.3) is 33.1 Å². The van der Waals surface area contributed by atoms with Gasteiger partial charge in [-0.1, -0.05) is 24.3 Å². The van der Waals surface area contributed by atoms with E-state index in [1.54, 1.807) is 30.3 Å². The van der Waals surface area contributed by atoms with E-state index in [0.29, 0.717) is 29.0 Å². The lowest BCUT2D eigenvalue weighted by Crippen LogP contribution is -2.10. The van der Waals surface area contributed by atoms with Crippen molar-refractivity contribution in [2.24, 2.45) is 12.8 Å². The molecule has 0 aliphatic heterocycles. The van der Waals surface area contributed by atoms with Gasteiger partial charge in [-0.25, -0.2) is 10.1 Å². The zero-order valence-corrected chi connectivity index (χ0v) is 18.5. The molecular formula is C24H21ClN6O2. The summed E-state index contributed by atoms with van der Waals surface area (Å²) in [5.41, 5.74) is 9.28. The van der Waals surface area contributed by atoms with Crippen LogP contribution in [0.3, 0.4) is 0 Å². The maximum atomic E-state index is 12.1. The number of benzene rings is 3. The monoisotopic (exact) mass is 460 g/mol. The first-order chi connectivity index (χ1) is 15.5. The van der Waals surface area contributed by atoms with Crippen LogP contribution in [0.2, 0.25) is 0 Å². The van der Waals surface area contributed by atoms with E-state index in [0.717, 1.165) is 27.8 Å². The van der Waals surface area contributed by atoms with E-state index in [1.165, 1.54) is 0 Å². The van der Waals surface area contributed by atoms with Gasteiger partial charge in [0, 0.05) is 23.6 Å². The van der Waals surface area contributed by atoms with Crippen LogP contribution in [0, 0.1) is 5.41 Å². The van der Waals surface area contributed by atoms with Gasteiger partial charge in [-0.2, -0.15) is 5.10 Å². The molecule has 0 aliphatic rings. The highest BCUT2D eigenvalue weighted by atomic mass is 35.5. The average molecular weight is 461 g/mol. The molecule has 0 saturated carbocycles. The lowest BCUT2D eigenvalue weighted by molar-refractivity contribution is 0.292. The van der Waals surface area contributed by atoms with E-state index in [4.69, 9.17) is 20.9 Å². The number of nitrogen functional groups attached to an aromatic ring is 1. The van der Waals surface area contributed by atoms with Gasteiger partial charge >= 0.3 is 0 Å². The molecule has 9 heteroatoms. The summed E-state index contributed by atoms with van der Waals surface area (Å²) in [5.74, 6) is 1.46. The van der Waals surface area contributed by atoms with Crippen LogP contribution in [0.15, 0.2) is 71.5 Å². The first kappa shape index (κ1) is 22.0. The second kappa shape index (κ2) is 8.76. The second-order valence-corrected chi connectivity index (χ2v) is 7.46. The maximum absolute atomic E-state index is 12.1. The smallest absolute Gasteiger partial charge is 0.272 e. The molecule has 0 saturated heterocycles. The third kappa shape index (κ3) is 4.04. The molecule has 0 fully saturated rings. The Bertz CT molecular complexity index is 1540. The second-order valence-electron chi connectivity index (χ2n) is 7.46. The van der Waals surface area contributed by atoms with Crippen molar-refractivity contribution in [1.29, 1.82) is 5.41 Å². The Labute approximate surface area is 195 Å². The molecule has 0 radical (unpaired) electrons. The van der Waals surface area contributed by atoms with Gasteiger partial charge in [0.05, 0.1) is 22.1 Å². The Morgan fingerprint density at radius 2 is 1.82 bits per heavy atom. The summed E-state index contributed by atoms with van der Waals surface area (Å²) in [5, 5.41) is 15.7. The Morgan fingerprint density at radius 3 is 2.55 bits per heavy atom. The SMILES string of the molecule is Cl.Cn1c(COc2ccc(C(=N)N)cc2)nc2cc(-c3n[nH]c(=O)c4ccccc34)ccc21. The molecule has 2 heterocycles. The Balaban J connectivity index is 0.00000259. The molecular weight excluding hydrogens is 440 g/mol. The lowest BCUT2D eigenvalue weighted by Gasteiger charge is -2.07. The number of halogens is 1. The summed E-state index contributed by atoms with van der Waals surface area (Å²) >= 11 is 0. The number of hydrogen-bond donors (Lipinski definition) is 3. The van der Waals surface area contributed by atoms with Gasteiger partial charge in [-0.15, -0.1) is 12.4 Å². The molecule has 5 aromatic rings. The molecule has 0 bridgehead atoms. The first-order valence-electron chi connectivity index (χ1n) is 10.0. The number of aromatic amines is 1. The van der Waals surface area contributed by atoms with Crippen molar-refractivity contribution in [3.63, 3.8) is 0 Å². The summed E-state index contributed by atoms with van der Waals surface area (Å²) in [6.45, 7) is 0.291. The predicted molar refractivity (Wildman–Crippen MR) is 131 cm³/mol. The number of imidazole rings is 1. The molecule has 0 spiro atoms. The number of aromatic nitrogens is 4. The number of nitrogens with one attached hydrogen (secondary N) is 2. The highest BCUT2D eigenvalue weighted by Crippen LogP contribution is 2.27. The molecule has 0 aliphatic carbocycles. The molecule has 0 amide bonds. The summed E-state index contributed by atoms with van der Waals surface area (Å²) in [6, 6.07) is 20.4. The van der Waals surface area contributed by atoms with Gasteiger partial charge in [-0.3, -0.25) is 10.2 Å². The van der Waals surface area contributed by atoms with E-state index in [-0.39, 0.29) is 23.8 Å². The van der Waals surface area contributed by atoms with Crippen LogP contribution in [0.5, 0.6) is 5.75 Å². The van der Waals surface area contributed by atoms with E-state index >= 15 is 0 Å². The number of nitrogens with zero attached hydrogens (tertiary/aromatic N) is 3. The standard InChI is InChI=1S/C24H20N6O2.ClH/c1-30-20-11-8-15(22-17-4-2-3-5-18(17)24(31)29-28-22)12-19(20)27-21(30)13-32-16-9-6-14(7-10-16)23(25)26;/h2-12H,13H2,1H3,(H3,25,26)(H,29,31);1H. The Hall–Kier alpha value is -4.17. The minimum Gasteiger partial charge on any atom is -0.486 e. The van der Waals surface area contributed by atoms with Crippen LogP contribution >= 0.6 is 12.4 Å². The fraction of sp³-hybridized carbons (Fsp3) is 0.0833. The molecule has 0 unspecified atom stereocenters. The number of rotatable bonds is 5. The first-order valence-corrected chi connectivity index (χ1v) is 10.0. The zero-order valence-electron chi connectivity index (χ0n) is 17.7. The molecule has 5 rings (SSSR count). The summed E-state index contributed by atoms with van der Waals surface area (Å²) in [4.78, 5) is 16.8. The minimum absolute atomic E-state index is 0. The third-order valence-corrected chi connectivity index (χ3v) is 5.48. The van der Waals surface area contributed by atoms with Crippen molar-refractivity contribution < 1.29 is 4.74 Å². The van der Waals surface area contributed by atoms with Crippen molar-refractivity contribution in [3.05, 3.63) is 88.5 Å². The van der Waals surface area contributed by atoms with Gasteiger partial charge in [0.25, 0.3) is 5.56 Å². The van der Waals surface area contributed by atoms with Crippen LogP contribution < -0.4 is 16.0 Å². The Morgan fingerprint density at radius 1 is 1.09 bits per heavy atom. The van der Waals surface area contributed by atoms with Crippen LogP contribution in [0.1, 0.15) is 11.4 Å². The maximum Gasteiger partial charge on any atom is 0.272 e. The van der Waals surface area contributed by atoms with Gasteiger partial charge in [0.15, 0.2) is 0 Å². The molecule has 8 nitrogen and oxygen atoms in total. The highest BCUT2D eigenvalue weighted by Gasteiger charge is 2.13. The predicted octanol–water partition coefficient (Wildman–Crippen LogP) is 3.76. The van der Waals surface area contributed by atoms with Crippen molar-refractivity contribution >= 4 is 40.0 Å². The van der Waals surface area contributed by atoms with E-state index in [9.17, 15) is 4.79 Å². The number of aryl methyl sites for hydroxylation is 1. The van der Waals surface area contributed by atoms with Crippen molar-refractivity contribution in [1.82, 2.24) is 19.7 Å². The normalized spacial score (nSPS) is 10.8. The summed E-state index contributed by atoms with van der Waals surface area (Å²) < 4.78 is 7.86. The lowest BCUT2D eigenvalue weighted by atomic mass is 10.0. The summed E-state index contributed by atoms with van der Waals surface area (Å²) in [6.07, 6.45) is 0. The third-order valence-electron chi connectivity index (χ3n) is 5.48. The average Bonchev–Trinajstić information content (AvgIpc) is 3.13. The summed E-state index contributed by atoms with van der Waals surface area (Å²) in [7, 11) is 1.94. The Kier molecular flexibility index (Phi) is 5.85. The van der Waals surface area contributed by atoms with Gasteiger partial charge in [-0.05, 0) is 42.5 Å². The highest BCUT2D eigenvalue weighted by molar-refractivity contribution is 5.96. The molecule has 166 valence electrons. The molecule has 3 aromatic carbocycles. The van der Waals surface area contributed by atoms with Crippen molar-refractivity contribution in [2.75, 3.05) is 0 Å². The molecule has 4 N–H and O–H groups in total. The van der Waals surface area contributed by atoms with Crippen LogP contribution in [0.4, 0.5) is 0 Å². The number of fused-ring (bicyclic) bond motifs is 2. The van der Waals surface area contributed by atoms with Gasteiger partial charge in [0.1, 0.15) is 24.0 Å². The van der Waals surface area contributed by atoms with E-state index in [1.807, 2.05) is 48.0 Å². The fourth-order valence-electron chi connectivity index (χ4n) is 3.74. The van der Waals surface area contributed by atoms with Gasteiger partial charge in [0.2, 0.25) is 0 Å². The number of hydrogen-bond acceptors (Lipinski definition) is 5.